The Hall–Kier alpha value is -0.650. The summed E-state index contributed by atoms with van der Waals surface area (Å²) >= 11 is 0. The zero-order valence-electron chi connectivity index (χ0n) is 10.9. The van der Waals surface area contributed by atoms with E-state index in [1.807, 2.05) is 13.8 Å². The van der Waals surface area contributed by atoms with Crippen LogP contribution in [0.15, 0.2) is 0 Å². The minimum absolute atomic E-state index is 0.152. The van der Waals surface area contributed by atoms with Crippen LogP contribution in [0, 0.1) is 0 Å². The van der Waals surface area contributed by atoms with Gasteiger partial charge >= 0.3 is 0 Å². The SMILES string of the molecule is CC(C)NC(=O)CN1CC(N2CCNCC2)C1. The monoisotopic (exact) mass is 240 g/mol. The van der Waals surface area contributed by atoms with Crippen LogP contribution in [0.4, 0.5) is 0 Å². The summed E-state index contributed by atoms with van der Waals surface area (Å²) in [7, 11) is 0. The lowest BCUT2D eigenvalue weighted by atomic mass is 10.1. The van der Waals surface area contributed by atoms with Gasteiger partial charge in [0.25, 0.3) is 0 Å². The zero-order chi connectivity index (χ0) is 12.3. The number of carbonyl (C=O) groups excluding carboxylic acids is 1. The van der Waals surface area contributed by atoms with E-state index >= 15 is 0 Å². The molecule has 0 aromatic heterocycles. The Morgan fingerprint density at radius 2 is 2.00 bits per heavy atom. The van der Waals surface area contributed by atoms with E-state index in [9.17, 15) is 4.79 Å². The van der Waals surface area contributed by atoms with Crippen molar-refractivity contribution in [2.24, 2.45) is 0 Å². The lowest BCUT2D eigenvalue weighted by molar-refractivity contribution is -0.124. The second-order valence-corrected chi connectivity index (χ2v) is 5.36. The first-order valence-electron chi connectivity index (χ1n) is 6.61. The molecule has 2 heterocycles. The van der Waals surface area contributed by atoms with Crippen LogP contribution in [-0.2, 0) is 4.79 Å². The average molecular weight is 240 g/mol. The summed E-state index contributed by atoms with van der Waals surface area (Å²) in [6.07, 6.45) is 0. The highest BCUT2D eigenvalue weighted by Crippen LogP contribution is 2.14. The van der Waals surface area contributed by atoms with Crippen LogP contribution in [-0.4, -0.2) is 73.6 Å². The van der Waals surface area contributed by atoms with E-state index in [4.69, 9.17) is 0 Å². The molecule has 98 valence electrons. The number of piperazine rings is 1. The molecule has 0 aliphatic carbocycles. The van der Waals surface area contributed by atoms with Crippen molar-refractivity contribution in [3.05, 3.63) is 0 Å². The third-order valence-electron chi connectivity index (χ3n) is 3.42. The first kappa shape index (κ1) is 12.8. The molecule has 2 aliphatic rings. The minimum Gasteiger partial charge on any atom is -0.353 e. The molecule has 0 unspecified atom stereocenters. The van der Waals surface area contributed by atoms with Crippen LogP contribution < -0.4 is 10.6 Å². The number of carbonyl (C=O) groups is 1. The molecule has 17 heavy (non-hydrogen) atoms. The van der Waals surface area contributed by atoms with Gasteiger partial charge in [-0.3, -0.25) is 14.6 Å². The third-order valence-corrected chi connectivity index (χ3v) is 3.42. The van der Waals surface area contributed by atoms with Gasteiger partial charge in [0, 0.05) is 51.4 Å². The molecule has 0 spiro atoms. The van der Waals surface area contributed by atoms with Crippen LogP contribution >= 0.6 is 0 Å². The van der Waals surface area contributed by atoms with Crippen molar-refractivity contribution in [3.63, 3.8) is 0 Å². The first-order valence-corrected chi connectivity index (χ1v) is 6.61. The van der Waals surface area contributed by atoms with Gasteiger partial charge in [0.15, 0.2) is 0 Å². The number of nitrogens with zero attached hydrogens (tertiary/aromatic N) is 2. The molecule has 0 saturated carbocycles. The van der Waals surface area contributed by atoms with Crippen LogP contribution in [0.3, 0.4) is 0 Å². The van der Waals surface area contributed by atoms with Crippen LogP contribution in [0.2, 0.25) is 0 Å². The number of nitrogens with one attached hydrogen (secondary N) is 2. The Labute approximate surface area is 104 Å². The number of amides is 1. The van der Waals surface area contributed by atoms with Gasteiger partial charge in [0.05, 0.1) is 6.54 Å². The second-order valence-electron chi connectivity index (χ2n) is 5.36. The van der Waals surface area contributed by atoms with Crippen LogP contribution in [0.5, 0.6) is 0 Å². The smallest absolute Gasteiger partial charge is 0.234 e. The summed E-state index contributed by atoms with van der Waals surface area (Å²) in [5, 5.41) is 6.30. The predicted molar refractivity (Wildman–Crippen MR) is 67.9 cm³/mol. The van der Waals surface area contributed by atoms with Crippen LogP contribution in [0.1, 0.15) is 13.8 Å². The number of likely N-dealkylation sites (tertiary alicyclic amines) is 1. The van der Waals surface area contributed by atoms with E-state index in [2.05, 4.69) is 20.4 Å². The summed E-state index contributed by atoms with van der Waals surface area (Å²) in [6.45, 7) is 11.1. The van der Waals surface area contributed by atoms with E-state index in [1.54, 1.807) is 0 Å². The van der Waals surface area contributed by atoms with Gasteiger partial charge in [0.2, 0.25) is 5.91 Å². The van der Waals surface area contributed by atoms with Crippen molar-refractivity contribution in [3.8, 4) is 0 Å². The molecule has 0 radical (unpaired) electrons. The first-order chi connectivity index (χ1) is 8.15. The molecule has 0 aromatic carbocycles. The highest BCUT2D eigenvalue weighted by molar-refractivity contribution is 5.78. The summed E-state index contributed by atoms with van der Waals surface area (Å²) in [6, 6.07) is 0.914. The predicted octanol–water partition coefficient (Wildman–Crippen LogP) is -0.900. The van der Waals surface area contributed by atoms with Gasteiger partial charge in [-0.15, -0.1) is 0 Å². The van der Waals surface area contributed by atoms with Crippen molar-refractivity contribution in [1.29, 1.82) is 0 Å². The molecule has 0 atom stereocenters. The Kier molecular flexibility index (Phi) is 4.36. The molecule has 2 aliphatic heterocycles. The van der Waals surface area contributed by atoms with E-state index < -0.39 is 0 Å². The number of rotatable bonds is 4. The van der Waals surface area contributed by atoms with E-state index in [0.717, 1.165) is 39.3 Å². The third kappa shape index (κ3) is 3.66. The molecular weight excluding hydrogens is 216 g/mol. The topological polar surface area (TPSA) is 47.6 Å². The Morgan fingerprint density at radius 3 is 2.59 bits per heavy atom. The summed E-state index contributed by atoms with van der Waals surface area (Å²) in [5.41, 5.74) is 0. The maximum absolute atomic E-state index is 11.6. The fraction of sp³-hybridized carbons (Fsp3) is 0.917. The fourth-order valence-electron chi connectivity index (χ4n) is 2.52. The highest BCUT2D eigenvalue weighted by Gasteiger charge is 2.32. The molecular formula is C12H24N4O. The summed E-state index contributed by atoms with van der Waals surface area (Å²) in [4.78, 5) is 16.3. The van der Waals surface area contributed by atoms with E-state index in [0.29, 0.717) is 12.6 Å². The maximum Gasteiger partial charge on any atom is 0.234 e. The van der Waals surface area contributed by atoms with Crippen molar-refractivity contribution >= 4 is 5.91 Å². The lowest BCUT2D eigenvalue weighted by Crippen LogP contribution is -2.63. The van der Waals surface area contributed by atoms with Crippen molar-refractivity contribution in [2.45, 2.75) is 25.9 Å². The summed E-state index contributed by atoms with van der Waals surface area (Å²) < 4.78 is 0. The zero-order valence-corrected chi connectivity index (χ0v) is 10.9. The maximum atomic E-state index is 11.6. The summed E-state index contributed by atoms with van der Waals surface area (Å²) in [5.74, 6) is 0.152. The number of hydrogen-bond donors (Lipinski definition) is 2. The molecule has 5 nitrogen and oxygen atoms in total. The average Bonchev–Trinajstić information content (AvgIpc) is 2.23. The van der Waals surface area contributed by atoms with Crippen LogP contribution in [0.25, 0.3) is 0 Å². The van der Waals surface area contributed by atoms with Crippen molar-refractivity contribution < 1.29 is 4.79 Å². The highest BCUT2D eigenvalue weighted by atomic mass is 16.2. The molecule has 2 fully saturated rings. The standard InChI is InChI=1S/C12H24N4O/c1-10(2)14-12(17)9-15-7-11(8-15)16-5-3-13-4-6-16/h10-11,13H,3-9H2,1-2H3,(H,14,17). The Morgan fingerprint density at radius 1 is 1.35 bits per heavy atom. The van der Waals surface area contributed by atoms with Crippen molar-refractivity contribution in [1.82, 2.24) is 20.4 Å². The quantitative estimate of drug-likeness (QED) is 0.669. The molecule has 5 heteroatoms. The molecule has 2 saturated heterocycles. The van der Waals surface area contributed by atoms with Gasteiger partial charge in [-0.25, -0.2) is 0 Å². The lowest BCUT2D eigenvalue weighted by Gasteiger charge is -2.46. The fourth-order valence-corrected chi connectivity index (χ4v) is 2.52. The second kappa shape index (κ2) is 5.80. The Bertz CT molecular complexity index is 257. The number of hydrogen-bond acceptors (Lipinski definition) is 4. The Balaban J connectivity index is 1.63. The largest absolute Gasteiger partial charge is 0.353 e. The minimum atomic E-state index is 0.152. The van der Waals surface area contributed by atoms with Gasteiger partial charge in [-0.2, -0.15) is 0 Å². The van der Waals surface area contributed by atoms with Crippen molar-refractivity contribution in [2.75, 3.05) is 45.8 Å². The van der Waals surface area contributed by atoms with Gasteiger partial charge < -0.3 is 10.6 Å². The molecule has 0 aromatic rings. The van der Waals surface area contributed by atoms with E-state index in [-0.39, 0.29) is 11.9 Å². The molecule has 2 N–H and O–H groups in total. The van der Waals surface area contributed by atoms with Gasteiger partial charge in [0.1, 0.15) is 0 Å². The van der Waals surface area contributed by atoms with Gasteiger partial charge in [-0.05, 0) is 13.8 Å². The van der Waals surface area contributed by atoms with Gasteiger partial charge in [-0.1, -0.05) is 0 Å². The molecule has 2 rings (SSSR count). The van der Waals surface area contributed by atoms with E-state index in [1.165, 1.54) is 0 Å². The normalized spacial score (nSPS) is 23.7. The molecule has 1 amide bonds. The molecule has 0 bridgehead atoms.